The van der Waals surface area contributed by atoms with Crippen molar-refractivity contribution in [3.8, 4) is 0 Å². The SMILES string of the molecule is O=C(CC1CS(=O)(=O)CCN1)Nc1nccnn1. The van der Waals surface area contributed by atoms with Gasteiger partial charge in [-0.3, -0.25) is 10.1 Å². The van der Waals surface area contributed by atoms with Gasteiger partial charge in [0.2, 0.25) is 11.9 Å². The van der Waals surface area contributed by atoms with E-state index in [2.05, 4.69) is 25.8 Å². The molecule has 1 fully saturated rings. The highest BCUT2D eigenvalue weighted by Crippen LogP contribution is 2.06. The number of carbonyl (C=O) groups excluding carboxylic acids is 1. The van der Waals surface area contributed by atoms with Gasteiger partial charge in [0.25, 0.3) is 0 Å². The summed E-state index contributed by atoms with van der Waals surface area (Å²) in [5, 5.41) is 12.6. The van der Waals surface area contributed by atoms with E-state index in [9.17, 15) is 13.2 Å². The molecule has 0 aliphatic carbocycles. The van der Waals surface area contributed by atoms with Gasteiger partial charge in [-0.15, -0.1) is 5.10 Å². The molecule has 0 spiro atoms. The second kappa shape index (κ2) is 5.36. The Morgan fingerprint density at radius 3 is 3.00 bits per heavy atom. The van der Waals surface area contributed by atoms with E-state index in [1.54, 1.807) is 0 Å². The number of hydrogen-bond acceptors (Lipinski definition) is 7. The van der Waals surface area contributed by atoms with Crippen LogP contribution in [0.15, 0.2) is 12.4 Å². The molecule has 1 aromatic heterocycles. The lowest BCUT2D eigenvalue weighted by atomic mass is 10.2. The van der Waals surface area contributed by atoms with Crippen molar-refractivity contribution in [3.63, 3.8) is 0 Å². The van der Waals surface area contributed by atoms with Crippen LogP contribution in [-0.4, -0.2) is 53.6 Å². The maximum Gasteiger partial charge on any atom is 0.249 e. The van der Waals surface area contributed by atoms with Crippen molar-refractivity contribution in [1.29, 1.82) is 0 Å². The fourth-order valence-electron chi connectivity index (χ4n) is 1.70. The number of anilines is 1. The molecule has 1 atom stereocenters. The molecule has 0 saturated carbocycles. The Bertz CT molecular complexity index is 518. The summed E-state index contributed by atoms with van der Waals surface area (Å²) in [5.41, 5.74) is 0. The summed E-state index contributed by atoms with van der Waals surface area (Å²) in [4.78, 5) is 15.4. The van der Waals surface area contributed by atoms with Crippen molar-refractivity contribution in [2.75, 3.05) is 23.4 Å². The molecular formula is C9H13N5O3S. The molecule has 0 bridgehead atoms. The molecule has 1 unspecified atom stereocenters. The van der Waals surface area contributed by atoms with Crippen LogP contribution >= 0.6 is 0 Å². The van der Waals surface area contributed by atoms with Gasteiger partial charge in [-0.2, -0.15) is 5.10 Å². The Kier molecular flexibility index (Phi) is 3.82. The Hall–Kier alpha value is -1.61. The van der Waals surface area contributed by atoms with Crippen LogP contribution in [0.1, 0.15) is 6.42 Å². The van der Waals surface area contributed by atoms with Crippen LogP contribution in [0.3, 0.4) is 0 Å². The van der Waals surface area contributed by atoms with E-state index in [0.717, 1.165) is 0 Å². The van der Waals surface area contributed by atoms with Gasteiger partial charge in [-0.1, -0.05) is 0 Å². The number of hydrogen-bond donors (Lipinski definition) is 2. The first-order valence-corrected chi connectivity index (χ1v) is 7.25. The smallest absolute Gasteiger partial charge is 0.249 e. The number of nitrogens with one attached hydrogen (secondary N) is 2. The zero-order chi connectivity index (χ0) is 13.0. The predicted octanol–water partition coefficient (Wildman–Crippen LogP) is -1.41. The zero-order valence-electron chi connectivity index (χ0n) is 9.54. The third-order valence-electron chi connectivity index (χ3n) is 2.47. The van der Waals surface area contributed by atoms with Gasteiger partial charge in [0.05, 0.1) is 23.9 Å². The second-order valence-corrected chi connectivity index (χ2v) is 6.21. The van der Waals surface area contributed by atoms with Crippen molar-refractivity contribution in [3.05, 3.63) is 12.4 Å². The highest BCUT2D eigenvalue weighted by molar-refractivity contribution is 7.91. The van der Waals surface area contributed by atoms with E-state index in [1.165, 1.54) is 12.4 Å². The van der Waals surface area contributed by atoms with Crippen LogP contribution in [0.5, 0.6) is 0 Å². The van der Waals surface area contributed by atoms with Crippen molar-refractivity contribution >= 4 is 21.7 Å². The Morgan fingerprint density at radius 2 is 2.33 bits per heavy atom. The number of nitrogens with zero attached hydrogens (tertiary/aromatic N) is 3. The lowest BCUT2D eigenvalue weighted by molar-refractivity contribution is -0.116. The van der Waals surface area contributed by atoms with Crippen LogP contribution in [0.4, 0.5) is 5.95 Å². The molecule has 18 heavy (non-hydrogen) atoms. The maximum absolute atomic E-state index is 11.6. The van der Waals surface area contributed by atoms with Gasteiger partial charge in [0, 0.05) is 19.0 Å². The Balaban J connectivity index is 1.88. The first-order chi connectivity index (χ1) is 8.55. The third kappa shape index (κ3) is 3.70. The largest absolute Gasteiger partial charge is 0.311 e. The average molecular weight is 271 g/mol. The third-order valence-corrected chi connectivity index (χ3v) is 4.20. The first kappa shape index (κ1) is 12.8. The summed E-state index contributed by atoms with van der Waals surface area (Å²) in [6.45, 7) is 0.379. The van der Waals surface area contributed by atoms with E-state index >= 15 is 0 Å². The van der Waals surface area contributed by atoms with E-state index < -0.39 is 9.84 Å². The topological polar surface area (TPSA) is 114 Å². The molecule has 8 nitrogen and oxygen atoms in total. The van der Waals surface area contributed by atoms with Crippen LogP contribution < -0.4 is 10.6 Å². The minimum atomic E-state index is -3.04. The molecule has 2 rings (SSSR count). The van der Waals surface area contributed by atoms with Gasteiger partial charge in [0.1, 0.15) is 0 Å². The Morgan fingerprint density at radius 1 is 1.50 bits per heavy atom. The summed E-state index contributed by atoms with van der Waals surface area (Å²) >= 11 is 0. The summed E-state index contributed by atoms with van der Waals surface area (Å²) in [6, 6.07) is -0.361. The molecule has 1 aliphatic heterocycles. The predicted molar refractivity (Wildman–Crippen MR) is 63.5 cm³/mol. The van der Waals surface area contributed by atoms with Crippen LogP contribution in [-0.2, 0) is 14.6 Å². The Labute approximate surface area is 104 Å². The molecule has 1 saturated heterocycles. The monoisotopic (exact) mass is 271 g/mol. The zero-order valence-corrected chi connectivity index (χ0v) is 10.4. The van der Waals surface area contributed by atoms with Crippen LogP contribution in [0, 0.1) is 0 Å². The summed E-state index contributed by atoms with van der Waals surface area (Å²) in [7, 11) is -3.04. The van der Waals surface area contributed by atoms with E-state index in [0.29, 0.717) is 6.54 Å². The van der Waals surface area contributed by atoms with Crippen molar-refractivity contribution in [2.24, 2.45) is 0 Å². The molecule has 0 radical (unpaired) electrons. The highest BCUT2D eigenvalue weighted by atomic mass is 32.2. The van der Waals surface area contributed by atoms with Crippen molar-refractivity contribution in [2.45, 2.75) is 12.5 Å². The summed E-state index contributed by atoms with van der Waals surface area (Å²) < 4.78 is 22.8. The molecule has 2 heterocycles. The standard InChI is InChI=1S/C9H13N5O3S/c15-8(13-9-11-1-2-12-14-9)5-7-6-18(16,17)4-3-10-7/h1-2,7,10H,3-6H2,(H,11,13,14,15). The second-order valence-electron chi connectivity index (χ2n) is 3.98. The van der Waals surface area contributed by atoms with Crippen molar-refractivity contribution in [1.82, 2.24) is 20.5 Å². The molecule has 1 aliphatic rings. The number of sulfone groups is 1. The maximum atomic E-state index is 11.6. The van der Waals surface area contributed by atoms with Crippen LogP contribution in [0.2, 0.25) is 0 Å². The lowest BCUT2D eigenvalue weighted by Gasteiger charge is -2.22. The van der Waals surface area contributed by atoms with Gasteiger partial charge in [-0.05, 0) is 0 Å². The fraction of sp³-hybridized carbons (Fsp3) is 0.556. The van der Waals surface area contributed by atoms with E-state index in [4.69, 9.17) is 0 Å². The highest BCUT2D eigenvalue weighted by Gasteiger charge is 2.26. The van der Waals surface area contributed by atoms with Gasteiger partial charge < -0.3 is 5.32 Å². The fourth-order valence-corrected chi connectivity index (χ4v) is 3.15. The van der Waals surface area contributed by atoms with Crippen LogP contribution in [0.25, 0.3) is 0 Å². The molecular weight excluding hydrogens is 258 g/mol. The van der Waals surface area contributed by atoms with Gasteiger partial charge in [0.15, 0.2) is 9.84 Å². The van der Waals surface area contributed by atoms with Gasteiger partial charge >= 0.3 is 0 Å². The van der Waals surface area contributed by atoms with E-state index in [1.807, 2.05) is 0 Å². The number of carbonyl (C=O) groups is 1. The molecule has 0 aromatic carbocycles. The minimum Gasteiger partial charge on any atom is -0.311 e. The average Bonchev–Trinajstić information content (AvgIpc) is 2.28. The van der Waals surface area contributed by atoms with E-state index in [-0.39, 0.29) is 35.8 Å². The minimum absolute atomic E-state index is 0.0195. The normalized spacial score (nSPS) is 22.3. The number of aromatic nitrogens is 3. The molecule has 1 aromatic rings. The van der Waals surface area contributed by atoms with Gasteiger partial charge in [-0.25, -0.2) is 13.4 Å². The number of rotatable bonds is 3. The molecule has 9 heteroatoms. The quantitative estimate of drug-likeness (QED) is 0.694. The molecule has 2 N–H and O–H groups in total. The number of amides is 1. The first-order valence-electron chi connectivity index (χ1n) is 5.42. The van der Waals surface area contributed by atoms with Crippen molar-refractivity contribution < 1.29 is 13.2 Å². The summed E-state index contributed by atoms with van der Waals surface area (Å²) in [6.07, 6.45) is 2.87. The lowest BCUT2D eigenvalue weighted by Crippen LogP contribution is -2.46. The summed E-state index contributed by atoms with van der Waals surface area (Å²) in [5.74, 6) is -0.121. The molecule has 98 valence electrons. The molecule has 1 amide bonds.